The number of hydrogen-bond donors (Lipinski definition) is 0. The van der Waals surface area contributed by atoms with Crippen molar-refractivity contribution >= 4 is 28.9 Å². The van der Waals surface area contributed by atoms with Crippen LogP contribution in [0.25, 0.3) is 0 Å². The molecule has 2 rings (SSSR count). The summed E-state index contributed by atoms with van der Waals surface area (Å²) < 4.78 is 5.33. The lowest BCUT2D eigenvalue weighted by Gasteiger charge is -2.12. The van der Waals surface area contributed by atoms with Crippen LogP contribution >= 0.6 is 23.2 Å². The van der Waals surface area contributed by atoms with Crippen LogP contribution in [0, 0.1) is 10.1 Å². The van der Waals surface area contributed by atoms with E-state index in [2.05, 4.69) is 9.97 Å². The maximum absolute atomic E-state index is 10.7. The number of aromatic nitrogens is 2. The van der Waals surface area contributed by atoms with Crippen LogP contribution in [0.2, 0.25) is 10.3 Å². The van der Waals surface area contributed by atoms with Gasteiger partial charge in [-0.05, 0) is 25.0 Å². The highest BCUT2D eigenvalue weighted by Crippen LogP contribution is 2.26. The number of benzene rings is 1. The van der Waals surface area contributed by atoms with E-state index in [-0.39, 0.29) is 16.0 Å². The van der Waals surface area contributed by atoms with Crippen LogP contribution in [-0.4, -0.2) is 22.0 Å². The molecule has 0 amide bonds. The summed E-state index contributed by atoms with van der Waals surface area (Å²) in [5.41, 5.74) is 2.48. The zero-order valence-corrected chi connectivity index (χ0v) is 15.6. The van der Waals surface area contributed by atoms with E-state index in [1.165, 1.54) is 12.1 Å². The molecule has 1 aromatic carbocycles. The SMILES string of the molecule is COC(Cc1c(Cl)nc(Cc2ccc([N+](=O)[O-])cc2)nc1Cl)=C(C)C. The molecule has 8 heteroatoms. The van der Waals surface area contributed by atoms with E-state index in [9.17, 15) is 10.1 Å². The molecule has 2 aromatic rings. The zero-order valence-electron chi connectivity index (χ0n) is 14.0. The second kappa shape index (κ2) is 8.27. The van der Waals surface area contributed by atoms with Crippen molar-refractivity contribution in [1.82, 2.24) is 9.97 Å². The van der Waals surface area contributed by atoms with Crippen molar-refractivity contribution in [1.29, 1.82) is 0 Å². The third-order valence-corrected chi connectivity index (χ3v) is 4.23. The summed E-state index contributed by atoms with van der Waals surface area (Å²) >= 11 is 12.5. The van der Waals surface area contributed by atoms with Gasteiger partial charge in [0.05, 0.1) is 17.8 Å². The Kier molecular flexibility index (Phi) is 6.33. The summed E-state index contributed by atoms with van der Waals surface area (Å²) in [6, 6.07) is 6.19. The fraction of sp³-hybridized carbons (Fsp3) is 0.294. The summed E-state index contributed by atoms with van der Waals surface area (Å²) in [6.45, 7) is 3.87. The number of nitro benzene ring substituents is 1. The number of non-ortho nitro benzene ring substituents is 1. The third kappa shape index (κ3) is 4.90. The van der Waals surface area contributed by atoms with Gasteiger partial charge in [0, 0.05) is 30.5 Å². The lowest BCUT2D eigenvalue weighted by molar-refractivity contribution is -0.384. The quantitative estimate of drug-likeness (QED) is 0.311. The number of rotatable bonds is 6. The van der Waals surface area contributed by atoms with Crippen molar-refractivity contribution in [3.63, 3.8) is 0 Å². The lowest BCUT2D eigenvalue weighted by atomic mass is 10.1. The average Bonchev–Trinajstić information content (AvgIpc) is 2.54. The molecule has 0 atom stereocenters. The standard InChI is InChI=1S/C17H17Cl2N3O3/c1-10(2)14(25-3)9-13-16(18)20-15(21-17(13)19)8-11-4-6-12(7-5-11)22(23)24/h4-7H,8-9H2,1-3H3. The van der Waals surface area contributed by atoms with E-state index < -0.39 is 4.92 Å². The predicted molar refractivity (Wildman–Crippen MR) is 97.0 cm³/mol. The fourth-order valence-corrected chi connectivity index (χ4v) is 2.78. The molecule has 0 fully saturated rings. The Morgan fingerprint density at radius 1 is 1.16 bits per heavy atom. The molecule has 0 aliphatic rings. The highest BCUT2D eigenvalue weighted by Gasteiger charge is 2.15. The number of allylic oxidation sites excluding steroid dienone is 2. The number of nitrogens with zero attached hydrogens (tertiary/aromatic N) is 3. The minimum atomic E-state index is -0.445. The van der Waals surface area contributed by atoms with Crippen molar-refractivity contribution in [2.24, 2.45) is 0 Å². The highest BCUT2D eigenvalue weighted by molar-refractivity contribution is 6.34. The Morgan fingerprint density at radius 2 is 1.72 bits per heavy atom. The third-order valence-electron chi connectivity index (χ3n) is 3.60. The van der Waals surface area contributed by atoms with Gasteiger partial charge >= 0.3 is 0 Å². The van der Waals surface area contributed by atoms with E-state index in [1.54, 1.807) is 19.2 Å². The molecule has 0 aliphatic heterocycles. The molecular formula is C17H17Cl2N3O3. The van der Waals surface area contributed by atoms with E-state index >= 15 is 0 Å². The molecule has 0 unspecified atom stereocenters. The Balaban J connectivity index is 2.24. The van der Waals surface area contributed by atoms with Crippen LogP contribution in [0.5, 0.6) is 0 Å². The van der Waals surface area contributed by atoms with Crippen molar-refractivity contribution in [2.45, 2.75) is 26.7 Å². The summed E-state index contributed by atoms with van der Waals surface area (Å²) in [4.78, 5) is 18.8. The molecule has 0 radical (unpaired) electrons. The number of nitro groups is 1. The van der Waals surface area contributed by atoms with Crippen LogP contribution in [0.3, 0.4) is 0 Å². The summed E-state index contributed by atoms with van der Waals surface area (Å²) in [7, 11) is 1.59. The first-order valence-electron chi connectivity index (χ1n) is 7.46. The molecule has 0 spiro atoms. The second-order valence-electron chi connectivity index (χ2n) is 5.60. The topological polar surface area (TPSA) is 78.2 Å². The van der Waals surface area contributed by atoms with Crippen LogP contribution in [-0.2, 0) is 17.6 Å². The first-order valence-corrected chi connectivity index (χ1v) is 8.22. The first kappa shape index (κ1) is 19.1. The Labute approximate surface area is 155 Å². The van der Waals surface area contributed by atoms with Crippen molar-refractivity contribution < 1.29 is 9.66 Å². The van der Waals surface area contributed by atoms with Crippen LogP contribution < -0.4 is 0 Å². The van der Waals surface area contributed by atoms with E-state index in [0.29, 0.717) is 24.2 Å². The number of methoxy groups -OCH3 is 1. The monoisotopic (exact) mass is 381 g/mol. The van der Waals surface area contributed by atoms with Gasteiger partial charge in [-0.25, -0.2) is 9.97 Å². The second-order valence-corrected chi connectivity index (χ2v) is 6.32. The molecule has 1 heterocycles. The molecule has 0 aliphatic carbocycles. The number of ether oxygens (including phenoxy) is 1. The molecule has 0 bridgehead atoms. The predicted octanol–water partition coefficient (Wildman–Crippen LogP) is 4.77. The van der Waals surface area contributed by atoms with Gasteiger partial charge in [-0.1, -0.05) is 35.3 Å². The largest absolute Gasteiger partial charge is 0.501 e. The van der Waals surface area contributed by atoms with Crippen LogP contribution in [0.15, 0.2) is 35.6 Å². The maximum atomic E-state index is 10.7. The number of hydrogen-bond acceptors (Lipinski definition) is 5. The Hall–Kier alpha value is -2.18. The minimum absolute atomic E-state index is 0.0323. The summed E-state index contributed by atoms with van der Waals surface area (Å²) in [6.07, 6.45) is 0.784. The molecule has 1 aromatic heterocycles. The molecule has 132 valence electrons. The first-order chi connectivity index (χ1) is 11.8. The van der Waals surface area contributed by atoms with Crippen molar-refractivity contribution in [3.8, 4) is 0 Å². The molecule has 0 saturated carbocycles. The smallest absolute Gasteiger partial charge is 0.269 e. The van der Waals surface area contributed by atoms with Gasteiger partial charge in [-0.15, -0.1) is 0 Å². The van der Waals surface area contributed by atoms with Gasteiger partial charge in [-0.2, -0.15) is 0 Å². The van der Waals surface area contributed by atoms with Gasteiger partial charge in [0.25, 0.3) is 5.69 Å². The Bertz CT molecular complexity index is 793. The summed E-state index contributed by atoms with van der Waals surface area (Å²) in [5.74, 6) is 1.21. The van der Waals surface area contributed by atoms with Gasteiger partial charge in [0.1, 0.15) is 16.1 Å². The van der Waals surface area contributed by atoms with Crippen molar-refractivity contribution in [2.75, 3.05) is 7.11 Å². The molecule has 0 saturated heterocycles. The maximum Gasteiger partial charge on any atom is 0.269 e. The molecule has 6 nitrogen and oxygen atoms in total. The Morgan fingerprint density at radius 3 is 2.16 bits per heavy atom. The van der Waals surface area contributed by atoms with E-state index in [1.807, 2.05) is 13.8 Å². The minimum Gasteiger partial charge on any atom is -0.501 e. The molecular weight excluding hydrogens is 365 g/mol. The molecule has 25 heavy (non-hydrogen) atoms. The van der Waals surface area contributed by atoms with Gasteiger partial charge < -0.3 is 4.74 Å². The average molecular weight is 382 g/mol. The van der Waals surface area contributed by atoms with E-state index in [0.717, 1.165) is 16.9 Å². The fourth-order valence-electron chi connectivity index (χ4n) is 2.23. The normalized spacial score (nSPS) is 10.4. The van der Waals surface area contributed by atoms with Crippen LogP contribution in [0.4, 0.5) is 5.69 Å². The number of halogens is 2. The highest BCUT2D eigenvalue weighted by atomic mass is 35.5. The summed E-state index contributed by atoms with van der Waals surface area (Å²) in [5, 5.41) is 11.2. The van der Waals surface area contributed by atoms with Crippen LogP contribution in [0.1, 0.15) is 30.8 Å². The van der Waals surface area contributed by atoms with Gasteiger partial charge in [0.2, 0.25) is 0 Å². The lowest BCUT2D eigenvalue weighted by Crippen LogP contribution is -2.04. The molecule has 0 N–H and O–H groups in total. The van der Waals surface area contributed by atoms with Crippen molar-refractivity contribution in [3.05, 3.63) is 73.0 Å². The van der Waals surface area contributed by atoms with Gasteiger partial charge in [-0.3, -0.25) is 10.1 Å². The van der Waals surface area contributed by atoms with Gasteiger partial charge in [0.15, 0.2) is 0 Å². The zero-order chi connectivity index (χ0) is 18.6. The van der Waals surface area contributed by atoms with E-state index in [4.69, 9.17) is 27.9 Å².